The molecule has 2 atom stereocenters. The molecule has 0 spiro atoms. The number of carbonyl (C=O) groups is 1. The number of piperidine rings is 1. The second kappa shape index (κ2) is 9.18. The highest BCUT2D eigenvalue weighted by molar-refractivity contribution is 5.69. The molecule has 5 nitrogen and oxygen atoms in total. The van der Waals surface area contributed by atoms with Crippen LogP contribution in [0.1, 0.15) is 37.7 Å². The van der Waals surface area contributed by atoms with E-state index in [4.69, 9.17) is 9.47 Å². The Morgan fingerprint density at radius 3 is 2.44 bits per heavy atom. The molecule has 5 heteroatoms. The van der Waals surface area contributed by atoms with Crippen molar-refractivity contribution in [2.75, 3.05) is 39.4 Å². The molecule has 3 heterocycles. The lowest BCUT2D eigenvalue weighted by atomic mass is 9.98. The Bertz CT molecular complexity index is 589. The summed E-state index contributed by atoms with van der Waals surface area (Å²) < 4.78 is 11.2. The molecule has 3 saturated heterocycles. The Labute approximate surface area is 162 Å². The topological polar surface area (TPSA) is 42.0 Å². The number of fused-ring (bicyclic) bond motifs is 2. The summed E-state index contributed by atoms with van der Waals surface area (Å²) in [7, 11) is 0. The van der Waals surface area contributed by atoms with Crippen LogP contribution in [0.3, 0.4) is 0 Å². The normalized spacial score (nSPS) is 29.0. The van der Waals surface area contributed by atoms with Gasteiger partial charge in [-0.1, -0.05) is 30.3 Å². The Morgan fingerprint density at radius 1 is 1.04 bits per heavy atom. The van der Waals surface area contributed by atoms with Crippen LogP contribution in [0.5, 0.6) is 0 Å². The van der Waals surface area contributed by atoms with Gasteiger partial charge in [0, 0.05) is 51.1 Å². The van der Waals surface area contributed by atoms with Gasteiger partial charge in [-0.3, -0.25) is 14.6 Å². The smallest absolute Gasteiger partial charge is 0.307 e. The number of hydrogen-bond acceptors (Lipinski definition) is 5. The molecule has 0 aromatic heterocycles. The van der Waals surface area contributed by atoms with Crippen molar-refractivity contribution >= 4 is 5.97 Å². The molecule has 3 aliphatic heterocycles. The molecule has 0 amide bonds. The van der Waals surface area contributed by atoms with Gasteiger partial charge in [-0.05, 0) is 24.8 Å². The summed E-state index contributed by atoms with van der Waals surface area (Å²) in [6, 6.07) is 11.9. The van der Waals surface area contributed by atoms with E-state index in [2.05, 4.69) is 40.1 Å². The van der Waals surface area contributed by atoms with Crippen molar-refractivity contribution in [3.63, 3.8) is 0 Å². The lowest BCUT2D eigenvalue weighted by Gasteiger charge is -2.38. The Hall–Kier alpha value is -1.43. The summed E-state index contributed by atoms with van der Waals surface area (Å²) in [5.41, 5.74) is 1.41. The Morgan fingerprint density at radius 2 is 1.74 bits per heavy atom. The number of esters is 1. The summed E-state index contributed by atoms with van der Waals surface area (Å²) in [6.07, 6.45) is 6.25. The molecule has 1 aromatic rings. The van der Waals surface area contributed by atoms with Gasteiger partial charge < -0.3 is 9.47 Å². The maximum Gasteiger partial charge on any atom is 0.307 e. The molecule has 3 aliphatic rings. The molecule has 0 radical (unpaired) electrons. The molecule has 4 rings (SSSR count). The third-order valence-electron chi connectivity index (χ3n) is 6.38. The maximum atomic E-state index is 12.3. The van der Waals surface area contributed by atoms with Crippen molar-refractivity contribution in [1.82, 2.24) is 9.80 Å². The summed E-state index contributed by atoms with van der Waals surface area (Å²) in [4.78, 5) is 17.3. The van der Waals surface area contributed by atoms with Crippen LogP contribution in [0.2, 0.25) is 0 Å². The second-order valence-electron chi connectivity index (χ2n) is 8.15. The van der Waals surface area contributed by atoms with E-state index in [0.29, 0.717) is 18.5 Å². The number of nitrogens with zero attached hydrogens (tertiary/aromatic N) is 2. The van der Waals surface area contributed by atoms with E-state index in [-0.39, 0.29) is 12.1 Å². The van der Waals surface area contributed by atoms with Crippen LogP contribution in [-0.2, 0) is 20.7 Å². The first-order chi connectivity index (χ1) is 13.3. The predicted molar refractivity (Wildman–Crippen MR) is 105 cm³/mol. The van der Waals surface area contributed by atoms with E-state index in [1.807, 2.05) is 0 Å². The second-order valence-corrected chi connectivity index (χ2v) is 8.15. The summed E-state index contributed by atoms with van der Waals surface area (Å²) in [6.45, 7) is 5.33. The Kier molecular flexibility index (Phi) is 6.43. The standard InChI is InChI=1S/C22H32N2O3/c25-22(9-10-23-12-14-26-15-13-23)27-21-16-19-6-7-20(17-21)24(19)11-8-18-4-2-1-3-5-18/h1-5,19-21H,6-17H2/t19-,20-/m0/s1. The highest BCUT2D eigenvalue weighted by Gasteiger charge is 2.41. The predicted octanol–water partition coefficient (Wildman–Crippen LogP) is 2.49. The van der Waals surface area contributed by atoms with E-state index in [1.54, 1.807) is 0 Å². The summed E-state index contributed by atoms with van der Waals surface area (Å²) in [5.74, 6) is -0.0244. The minimum absolute atomic E-state index is 0.0244. The number of benzene rings is 1. The molecule has 0 aliphatic carbocycles. The van der Waals surface area contributed by atoms with Gasteiger partial charge in [0.05, 0.1) is 19.6 Å². The zero-order valence-corrected chi connectivity index (χ0v) is 16.2. The van der Waals surface area contributed by atoms with Crippen molar-refractivity contribution in [3.8, 4) is 0 Å². The van der Waals surface area contributed by atoms with E-state index < -0.39 is 0 Å². The van der Waals surface area contributed by atoms with Gasteiger partial charge in [0.25, 0.3) is 0 Å². The summed E-state index contributed by atoms with van der Waals surface area (Å²) in [5, 5.41) is 0. The van der Waals surface area contributed by atoms with Gasteiger partial charge in [0.2, 0.25) is 0 Å². The molecule has 148 valence electrons. The molecule has 0 saturated carbocycles. The SMILES string of the molecule is O=C(CCN1CCOCC1)OC1C[C@@H]2CC[C@@H](C1)N2CCc1ccccc1. The minimum Gasteiger partial charge on any atom is -0.462 e. The van der Waals surface area contributed by atoms with Crippen LogP contribution in [0.25, 0.3) is 0 Å². The van der Waals surface area contributed by atoms with E-state index in [0.717, 1.165) is 58.7 Å². The number of morpholine rings is 1. The Balaban J connectivity index is 1.20. The molecule has 3 fully saturated rings. The average molecular weight is 373 g/mol. The third kappa shape index (κ3) is 5.09. The van der Waals surface area contributed by atoms with Crippen molar-refractivity contribution in [2.45, 2.75) is 56.7 Å². The van der Waals surface area contributed by atoms with E-state index in [1.165, 1.54) is 18.4 Å². The van der Waals surface area contributed by atoms with Crippen molar-refractivity contribution < 1.29 is 14.3 Å². The highest BCUT2D eigenvalue weighted by Crippen LogP contribution is 2.37. The molecule has 27 heavy (non-hydrogen) atoms. The molecule has 1 aromatic carbocycles. The maximum absolute atomic E-state index is 12.3. The fraction of sp³-hybridized carbons (Fsp3) is 0.682. The van der Waals surface area contributed by atoms with Crippen molar-refractivity contribution in [3.05, 3.63) is 35.9 Å². The molecular formula is C22H32N2O3. The first-order valence-corrected chi connectivity index (χ1v) is 10.6. The number of ether oxygens (including phenoxy) is 2. The first-order valence-electron chi connectivity index (χ1n) is 10.6. The van der Waals surface area contributed by atoms with Crippen LogP contribution in [-0.4, -0.2) is 73.3 Å². The minimum atomic E-state index is -0.0244. The van der Waals surface area contributed by atoms with Crippen molar-refractivity contribution in [2.24, 2.45) is 0 Å². The number of carbonyl (C=O) groups excluding carboxylic acids is 1. The lowest BCUT2D eigenvalue weighted by molar-refractivity contribution is -0.153. The van der Waals surface area contributed by atoms with E-state index in [9.17, 15) is 4.79 Å². The third-order valence-corrected chi connectivity index (χ3v) is 6.38. The molecular weight excluding hydrogens is 340 g/mol. The highest BCUT2D eigenvalue weighted by atomic mass is 16.5. The zero-order valence-electron chi connectivity index (χ0n) is 16.2. The first kappa shape index (κ1) is 18.9. The van der Waals surface area contributed by atoms with Gasteiger partial charge in [0.15, 0.2) is 0 Å². The van der Waals surface area contributed by atoms with Gasteiger partial charge in [0.1, 0.15) is 6.10 Å². The van der Waals surface area contributed by atoms with Gasteiger partial charge >= 0.3 is 5.97 Å². The average Bonchev–Trinajstić information content (AvgIpc) is 2.95. The lowest BCUT2D eigenvalue weighted by Crippen LogP contribution is -2.46. The number of rotatable bonds is 7. The summed E-state index contributed by atoms with van der Waals surface area (Å²) >= 11 is 0. The van der Waals surface area contributed by atoms with Crippen LogP contribution < -0.4 is 0 Å². The largest absolute Gasteiger partial charge is 0.462 e. The van der Waals surface area contributed by atoms with Gasteiger partial charge in [-0.25, -0.2) is 0 Å². The fourth-order valence-corrected chi connectivity index (χ4v) is 4.91. The van der Waals surface area contributed by atoms with Gasteiger partial charge in [-0.15, -0.1) is 0 Å². The number of hydrogen-bond donors (Lipinski definition) is 0. The van der Waals surface area contributed by atoms with Crippen LogP contribution >= 0.6 is 0 Å². The van der Waals surface area contributed by atoms with E-state index >= 15 is 0 Å². The molecule has 0 N–H and O–H groups in total. The molecule has 0 unspecified atom stereocenters. The fourth-order valence-electron chi connectivity index (χ4n) is 4.91. The zero-order chi connectivity index (χ0) is 18.5. The van der Waals surface area contributed by atoms with Gasteiger partial charge in [-0.2, -0.15) is 0 Å². The van der Waals surface area contributed by atoms with Crippen LogP contribution in [0.15, 0.2) is 30.3 Å². The van der Waals surface area contributed by atoms with Crippen LogP contribution in [0, 0.1) is 0 Å². The van der Waals surface area contributed by atoms with Crippen LogP contribution in [0.4, 0.5) is 0 Å². The van der Waals surface area contributed by atoms with Crippen molar-refractivity contribution in [1.29, 1.82) is 0 Å². The quantitative estimate of drug-likeness (QED) is 0.688. The molecule has 2 bridgehead atoms. The monoisotopic (exact) mass is 372 g/mol.